The van der Waals surface area contributed by atoms with Crippen molar-refractivity contribution in [2.75, 3.05) is 0 Å². The average Bonchev–Trinajstić information content (AvgIpc) is 2.29. The predicted octanol–water partition coefficient (Wildman–Crippen LogP) is 1.57. The van der Waals surface area contributed by atoms with Gasteiger partial charge in [-0.15, -0.1) is 0 Å². The molecule has 17 heavy (non-hydrogen) atoms. The Hall–Kier alpha value is -2.10. The lowest BCUT2D eigenvalue weighted by molar-refractivity contribution is 0.440. The van der Waals surface area contributed by atoms with Crippen molar-refractivity contribution in [1.82, 2.24) is 9.97 Å². The predicted molar refractivity (Wildman–Crippen MR) is 65.1 cm³/mol. The van der Waals surface area contributed by atoms with Crippen LogP contribution in [0.15, 0.2) is 35.1 Å². The molecule has 2 aromatic rings. The molecule has 1 aromatic carbocycles. The lowest BCUT2D eigenvalue weighted by Gasteiger charge is -2.04. The van der Waals surface area contributed by atoms with E-state index in [4.69, 9.17) is 0 Å². The maximum atomic E-state index is 11.6. The smallest absolute Gasteiger partial charge is 0.257 e. The summed E-state index contributed by atoms with van der Waals surface area (Å²) in [4.78, 5) is 18.1. The molecule has 0 unspecified atom stereocenters. The molecule has 0 aliphatic carbocycles. The molecule has 2 rings (SSSR count). The fraction of sp³-hybridized carbons (Fsp3) is 0.231. The quantitative estimate of drug-likeness (QED) is 0.841. The van der Waals surface area contributed by atoms with Crippen molar-refractivity contribution >= 4 is 0 Å². The summed E-state index contributed by atoms with van der Waals surface area (Å²) in [7, 11) is 0. The van der Waals surface area contributed by atoms with Gasteiger partial charge in [0.05, 0.1) is 5.56 Å². The zero-order valence-electron chi connectivity index (χ0n) is 9.60. The highest BCUT2D eigenvalue weighted by Crippen LogP contribution is 2.11. The number of rotatable bonds is 3. The molecule has 88 valence electrons. The van der Waals surface area contributed by atoms with Crippen LogP contribution in [0, 0.1) is 6.92 Å². The van der Waals surface area contributed by atoms with Crippen LogP contribution in [-0.2, 0) is 12.8 Å². The first-order valence-electron chi connectivity index (χ1n) is 5.49. The monoisotopic (exact) mass is 230 g/mol. The van der Waals surface area contributed by atoms with Gasteiger partial charge in [-0.3, -0.25) is 4.79 Å². The van der Waals surface area contributed by atoms with Crippen LogP contribution >= 0.6 is 0 Å². The van der Waals surface area contributed by atoms with Crippen molar-refractivity contribution in [1.29, 1.82) is 0 Å². The Morgan fingerprint density at radius 3 is 2.59 bits per heavy atom. The fourth-order valence-corrected chi connectivity index (χ4v) is 1.73. The van der Waals surface area contributed by atoms with Gasteiger partial charge in [-0.05, 0) is 25.3 Å². The zero-order chi connectivity index (χ0) is 12.3. The summed E-state index contributed by atoms with van der Waals surface area (Å²) < 4.78 is 0. The van der Waals surface area contributed by atoms with E-state index in [0.29, 0.717) is 24.2 Å². The first-order chi connectivity index (χ1) is 8.16. The molecule has 1 heterocycles. The van der Waals surface area contributed by atoms with Gasteiger partial charge >= 0.3 is 0 Å². The Labute approximate surface area is 99.0 Å². The molecule has 0 aliphatic rings. The van der Waals surface area contributed by atoms with Crippen LogP contribution in [0.1, 0.15) is 17.0 Å². The van der Waals surface area contributed by atoms with Crippen molar-refractivity contribution < 1.29 is 5.11 Å². The van der Waals surface area contributed by atoms with E-state index in [1.54, 1.807) is 6.92 Å². The second-order valence-corrected chi connectivity index (χ2v) is 3.94. The lowest BCUT2D eigenvalue weighted by Crippen LogP contribution is -2.16. The Bertz CT molecular complexity index is 561. The lowest BCUT2D eigenvalue weighted by atomic mass is 10.1. The fourth-order valence-electron chi connectivity index (χ4n) is 1.73. The molecule has 0 saturated carbocycles. The largest absolute Gasteiger partial charge is 0.493 e. The minimum Gasteiger partial charge on any atom is -0.493 e. The number of hydrogen-bond acceptors (Lipinski definition) is 3. The van der Waals surface area contributed by atoms with Gasteiger partial charge in [-0.1, -0.05) is 30.3 Å². The Balaban J connectivity index is 2.18. The second-order valence-electron chi connectivity index (χ2n) is 3.94. The van der Waals surface area contributed by atoms with Gasteiger partial charge in [-0.25, -0.2) is 4.98 Å². The number of aromatic nitrogens is 2. The topological polar surface area (TPSA) is 66.0 Å². The summed E-state index contributed by atoms with van der Waals surface area (Å²) in [5.41, 5.74) is 1.22. The third-order valence-electron chi connectivity index (χ3n) is 2.62. The summed E-state index contributed by atoms with van der Waals surface area (Å²) in [5.74, 6) is 0.262. The Kier molecular flexibility index (Phi) is 3.23. The van der Waals surface area contributed by atoms with E-state index in [1.807, 2.05) is 30.3 Å². The molecule has 0 aliphatic heterocycles. The van der Waals surface area contributed by atoms with Crippen molar-refractivity contribution in [3.8, 4) is 5.88 Å². The van der Waals surface area contributed by atoms with E-state index in [1.165, 1.54) is 0 Å². The van der Waals surface area contributed by atoms with Gasteiger partial charge in [0, 0.05) is 0 Å². The number of H-pyrrole nitrogens is 1. The molecule has 4 nitrogen and oxygen atoms in total. The number of nitrogens with one attached hydrogen (secondary N) is 1. The van der Waals surface area contributed by atoms with Crippen LogP contribution in [0.25, 0.3) is 0 Å². The highest BCUT2D eigenvalue weighted by Gasteiger charge is 2.08. The third kappa shape index (κ3) is 2.72. The van der Waals surface area contributed by atoms with Crippen molar-refractivity contribution in [2.45, 2.75) is 19.8 Å². The Morgan fingerprint density at radius 2 is 1.94 bits per heavy atom. The summed E-state index contributed by atoms with van der Waals surface area (Å²) >= 11 is 0. The van der Waals surface area contributed by atoms with Gasteiger partial charge in [0.15, 0.2) is 0 Å². The summed E-state index contributed by atoms with van der Waals surface area (Å²) in [6.07, 6.45) is 1.20. The van der Waals surface area contributed by atoms with E-state index in [-0.39, 0.29) is 11.4 Å². The van der Waals surface area contributed by atoms with Gasteiger partial charge in [0.25, 0.3) is 5.56 Å². The molecule has 0 radical (unpaired) electrons. The van der Waals surface area contributed by atoms with Crippen LogP contribution in [-0.4, -0.2) is 15.1 Å². The molecule has 0 amide bonds. The SMILES string of the molecule is Cc1nc(O)c(CCc2ccccc2)c(=O)[nH]1. The molecule has 0 fully saturated rings. The third-order valence-corrected chi connectivity index (χ3v) is 2.62. The van der Waals surface area contributed by atoms with E-state index in [2.05, 4.69) is 9.97 Å². The van der Waals surface area contributed by atoms with Gasteiger partial charge in [-0.2, -0.15) is 0 Å². The molecule has 0 saturated heterocycles. The Morgan fingerprint density at radius 1 is 1.24 bits per heavy atom. The zero-order valence-corrected chi connectivity index (χ0v) is 9.60. The van der Waals surface area contributed by atoms with Crippen LogP contribution in [0.4, 0.5) is 0 Å². The number of benzene rings is 1. The van der Waals surface area contributed by atoms with Gasteiger partial charge in [0.2, 0.25) is 5.88 Å². The maximum absolute atomic E-state index is 11.6. The average molecular weight is 230 g/mol. The highest BCUT2D eigenvalue weighted by atomic mass is 16.3. The van der Waals surface area contributed by atoms with Gasteiger partial charge in [0.1, 0.15) is 5.82 Å². The van der Waals surface area contributed by atoms with E-state index < -0.39 is 0 Å². The van der Waals surface area contributed by atoms with Crippen molar-refractivity contribution in [3.63, 3.8) is 0 Å². The van der Waals surface area contributed by atoms with Crippen LogP contribution in [0.5, 0.6) is 5.88 Å². The van der Waals surface area contributed by atoms with Gasteiger partial charge < -0.3 is 10.1 Å². The molecule has 0 atom stereocenters. The van der Waals surface area contributed by atoms with E-state index >= 15 is 0 Å². The number of aromatic amines is 1. The minimum atomic E-state index is -0.258. The normalized spacial score (nSPS) is 10.4. The molecular formula is C13H14N2O2. The van der Waals surface area contributed by atoms with Crippen molar-refractivity contribution in [3.05, 3.63) is 57.6 Å². The summed E-state index contributed by atoms with van der Waals surface area (Å²) in [6, 6.07) is 9.83. The van der Waals surface area contributed by atoms with Crippen LogP contribution in [0.3, 0.4) is 0 Å². The molecule has 1 aromatic heterocycles. The number of hydrogen-bond donors (Lipinski definition) is 2. The number of nitrogens with zero attached hydrogens (tertiary/aromatic N) is 1. The van der Waals surface area contributed by atoms with E-state index in [0.717, 1.165) is 5.56 Å². The molecule has 0 bridgehead atoms. The molecule has 2 N–H and O–H groups in total. The number of aryl methyl sites for hydroxylation is 2. The molecule has 4 heteroatoms. The highest BCUT2D eigenvalue weighted by molar-refractivity contribution is 5.24. The minimum absolute atomic E-state index is 0.165. The standard InChI is InChI=1S/C13H14N2O2/c1-9-14-12(16)11(13(17)15-9)8-7-10-5-3-2-4-6-10/h2-6H,7-8H2,1H3,(H2,14,15,16,17). The van der Waals surface area contributed by atoms with Crippen LogP contribution < -0.4 is 5.56 Å². The molecule has 0 spiro atoms. The van der Waals surface area contributed by atoms with Crippen molar-refractivity contribution in [2.24, 2.45) is 0 Å². The first kappa shape index (κ1) is 11.4. The maximum Gasteiger partial charge on any atom is 0.257 e. The molecular weight excluding hydrogens is 216 g/mol. The van der Waals surface area contributed by atoms with E-state index in [9.17, 15) is 9.90 Å². The summed E-state index contributed by atoms with van der Waals surface area (Å²) in [5, 5.41) is 9.62. The summed E-state index contributed by atoms with van der Waals surface area (Å²) in [6.45, 7) is 1.64. The number of aromatic hydroxyl groups is 1. The van der Waals surface area contributed by atoms with Crippen LogP contribution in [0.2, 0.25) is 0 Å². The second kappa shape index (κ2) is 4.82. The first-order valence-corrected chi connectivity index (χ1v) is 5.49.